The van der Waals surface area contributed by atoms with Gasteiger partial charge in [0.05, 0.1) is 12.5 Å². The van der Waals surface area contributed by atoms with Crippen LogP contribution in [0.5, 0.6) is 0 Å². The molecule has 2 aromatic heterocycles. The summed E-state index contributed by atoms with van der Waals surface area (Å²) in [6, 6.07) is 1.85. The standard InChI is InChI=1S/C26H36N6O6/c1-5-18(6-2)13-28-22(33)15-32-11-7-8-19(26(32)38)29-24(36)20(12-17(3)9-10-23(34)35)30-25(37)21-14-27-16-31(21)4/h7-11,14,16-18,20H,5-6,12-13,15H2,1-4H3,(H,28,33)(H,29,36)(H,30,37)(H,34,35)/b10-9+. The highest BCUT2D eigenvalue weighted by molar-refractivity contribution is 6.00. The fourth-order valence-electron chi connectivity index (χ4n) is 3.76. The molecule has 0 bridgehead atoms. The predicted octanol–water partition coefficient (Wildman–Crippen LogP) is 1.54. The summed E-state index contributed by atoms with van der Waals surface area (Å²) >= 11 is 0. The van der Waals surface area contributed by atoms with Gasteiger partial charge in [0.2, 0.25) is 11.8 Å². The Hall–Kier alpha value is -4.22. The minimum atomic E-state index is -1.13. The first-order chi connectivity index (χ1) is 18.0. The summed E-state index contributed by atoms with van der Waals surface area (Å²) in [6.07, 6.45) is 8.55. The lowest BCUT2D eigenvalue weighted by molar-refractivity contribution is -0.131. The summed E-state index contributed by atoms with van der Waals surface area (Å²) in [5.74, 6) is -2.70. The van der Waals surface area contributed by atoms with Gasteiger partial charge in [-0.25, -0.2) is 9.78 Å². The highest BCUT2D eigenvalue weighted by Gasteiger charge is 2.25. The van der Waals surface area contributed by atoms with Crippen LogP contribution in [0.1, 0.15) is 50.5 Å². The first-order valence-corrected chi connectivity index (χ1v) is 12.5. The molecule has 2 atom stereocenters. The van der Waals surface area contributed by atoms with Gasteiger partial charge < -0.3 is 30.2 Å². The number of carboxylic acids is 1. The third kappa shape index (κ3) is 9.02. The molecule has 0 saturated heterocycles. The predicted molar refractivity (Wildman–Crippen MR) is 141 cm³/mol. The Morgan fingerprint density at radius 2 is 1.89 bits per heavy atom. The number of nitrogens with zero attached hydrogens (tertiary/aromatic N) is 3. The molecule has 0 fully saturated rings. The van der Waals surface area contributed by atoms with Crippen LogP contribution in [0, 0.1) is 11.8 Å². The minimum Gasteiger partial charge on any atom is -0.478 e. The second kappa shape index (κ2) is 14.5. The van der Waals surface area contributed by atoms with E-state index in [0.29, 0.717) is 12.5 Å². The molecule has 2 rings (SSSR count). The zero-order valence-corrected chi connectivity index (χ0v) is 22.1. The van der Waals surface area contributed by atoms with Crippen LogP contribution in [0.3, 0.4) is 0 Å². The zero-order valence-electron chi connectivity index (χ0n) is 22.1. The Morgan fingerprint density at radius 1 is 1.18 bits per heavy atom. The zero-order chi connectivity index (χ0) is 28.2. The lowest BCUT2D eigenvalue weighted by Gasteiger charge is -2.21. The number of carbonyl (C=O) groups is 4. The minimum absolute atomic E-state index is 0.0567. The smallest absolute Gasteiger partial charge is 0.327 e. The number of rotatable bonds is 14. The van der Waals surface area contributed by atoms with Gasteiger partial charge in [0.15, 0.2) is 0 Å². The summed E-state index contributed by atoms with van der Waals surface area (Å²) in [4.78, 5) is 66.1. The third-order valence-corrected chi connectivity index (χ3v) is 6.18. The molecule has 3 amide bonds. The van der Waals surface area contributed by atoms with Crippen LogP contribution in [0.25, 0.3) is 0 Å². The number of hydrogen-bond acceptors (Lipinski definition) is 6. The summed E-state index contributed by atoms with van der Waals surface area (Å²) in [7, 11) is 1.63. The molecule has 2 heterocycles. The number of aliphatic carboxylic acids is 1. The van der Waals surface area contributed by atoms with E-state index in [1.54, 1.807) is 14.0 Å². The number of imidazole rings is 1. The number of allylic oxidation sites excluding steroid dienone is 1. The summed E-state index contributed by atoms with van der Waals surface area (Å²) in [6.45, 7) is 6.11. The molecule has 4 N–H and O–H groups in total. The fourth-order valence-corrected chi connectivity index (χ4v) is 3.76. The average molecular weight is 529 g/mol. The number of amides is 3. The molecule has 12 heteroatoms. The molecule has 0 aliphatic rings. The van der Waals surface area contributed by atoms with Gasteiger partial charge in [-0.1, -0.05) is 39.7 Å². The van der Waals surface area contributed by atoms with Gasteiger partial charge in [-0.15, -0.1) is 0 Å². The second-order valence-corrected chi connectivity index (χ2v) is 9.16. The molecular formula is C26H36N6O6. The van der Waals surface area contributed by atoms with E-state index in [1.807, 2.05) is 13.8 Å². The van der Waals surface area contributed by atoms with E-state index in [0.717, 1.165) is 18.9 Å². The highest BCUT2D eigenvalue weighted by atomic mass is 16.4. The lowest BCUT2D eigenvalue weighted by Crippen LogP contribution is -2.46. The van der Waals surface area contributed by atoms with E-state index >= 15 is 0 Å². The molecule has 2 aromatic rings. The highest BCUT2D eigenvalue weighted by Crippen LogP contribution is 2.12. The number of pyridine rings is 1. The van der Waals surface area contributed by atoms with Crippen molar-refractivity contribution in [3.63, 3.8) is 0 Å². The SMILES string of the molecule is CCC(CC)CNC(=O)Cn1cccc(NC(=O)C(CC(C)/C=C/C(=O)O)NC(=O)c2cncn2C)c1=O. The van der Waals surface area contributed by atoms with Crippen LogP contribution < -0.4 is 21.5 Å². The quantitative estimate of drug-likeness (QED) is 0.270. The molecule has 2 unspecified atom stereocenters. The van der Waals surface area contributed by atoms with Gasteiger partial charge in [-0.2, -0.15) is 0 Å². The van der Waals surface area contributed by atoms with Gasteiger partial charge in [0.1, 0.15) is 24.0 Å². The maximum atomic E-state index is 13.2. The molecule has 0 aliphatic carbocycles. The molecule has 0 saturated carbocycles. The van der Waals surface area contributed by atoms with Gasteiger partial charge in [-0.05, 0) is 30.4 Å². The van der Waals surface area contributed by atoms with Crippen molar-refractivity contribution >= 4 is 29.4 Å². The molecule has 38 heavy (non-hydrogen) atoms. The maximum absolute atomic E-state index is 13.2. The number of carbonyl (C=O) groups excluding carboxylic acids is 3. The van der Waals surface area contributed by atoms with Gasteiger partial charge in [0.25, 0.3) is 11.5 Å². The van der Waals surface area contributed by atoms with Gasteiger partial charge in [0, 0.05) is 25.9 Å². The number of aryl methyl sites for hydroxylation is 1. The topological polar surface area (TPSA) is 164 Å². The summed E-state index contributed by atoms with van der Waals surface area (Å²) in [5.41, 5.74) is -0.411. The van der Waals surface area contributed by atoms with Crippen LogP contribution in [-0.2, 0) is 28.0 Å². The summed E-state index contributed by atoms with van der Waals surface area (Å²) < 4.78 is 2.68. The van der Waals surface area contributed by atoms with Crippen LogP contribution >= 0.6 is 0 Å². The van der Waals surface area contributed by atoms with Crippen LogP contribution in [-0.4, -0.2) is 55.5 Å². The normalized spacial score (nSPS) is 12.8. The largest absolute Gasteiger partial charge is 0.478 e. The Balaban J connectivity index is 2.18. The van der Waals surface area contributed by atoms with Crippen LogP contribution in [0.4, 0.5) is 5.69 Å². The van der Waals surface area contributed by atoms with Crippen molar-refractivity contribution < 1.29 is 24.3 Å². The van der Waals surface area contributed by atoms with Crippen LogP contribution in [0.15, 0.2) is 47.8 Å². The van der Waals surface area contributed by atoms with Crippen molar-refractivity contribution in [2.24, 2.45) is 18.9 Å². The molecule has 206 valence electrons. The first kappa shape index (κ1) is 30.0. The molecular weight excluding hydrogens is 492 g/mol. The molecule has 0 aliphatic heterocycles. The van der Waals surface area contributed by atoms with Crippen molar-refractivity contribution in [1.82, 2.24) is 24.8 Å². The van der Waals surface area contributed by atoms with Crippen molar-refractivity contribution in [3.8, 4) is 0 Å². The van der Waals surface area contributed by atoms with E-state index in [1.165, 1.54) is 46.1 Å². The number of anilines is 1. The second-order valence-electron chi connectivity index (χ2n) is 9.16. The molecule has 0 radical (unpaired) electrons. The van der Waals surface area contributed by atoms with Crippen molar-refractivity contribution in [1.29, 1.82) is 0 Å². The molecule has 0 aromatic carbocycles. The maximum Gasteiger partial charge on any atom is 0.327 e. The lowest BCUT2D eigenvalue weighted by atomic mass is 10.00. The van der Waals surface area contributed by atoms with Crippen molar-refractivity contribution in [2.75, 3.05) is 11.9 Å². The monoisotopic (exact) mass is 528 g/mol. The third-order valence-electron chi connectivity index (χ3n) is 6.18. The number of hydrogen-bond donors (Lipinski definition) is 4. The fraction of sp³-hybridized carbons (Fsp3) is 0.462. The van der Waals surface area contributed by atoms with Crippen molar-refractivity contribution in [2.45, 2.75) is 52.6 Å². The molecule has 12 nitrogen and oxygen atoms in total. The van der Waals surface area contributed by atoms with Crippen LogP contribution in [0.2, 0.25) is 0 Å². The van der Waals surface area contributed by atoms with Crippen molar-refractivity contribution in [3.05, 3.63) is 59.1 Å². The van der Waals surface area contributed by atoms with E-state index in [9.17, 15) is 24.0 Å². The van der Waals surface area contributed by atoms with E-state index in [4.69, 9.17) is 5.11 Å². The Labute approximate surface area is 221 Å². The van der Waals surface area contributed by atoms with Gasteiger partial charge in [-0.3, -0.25) is 19.2 Å². The Kier molecular flexibility index (Phi) is 11.5. The number of aromatic nitrogens is 3. The Bertz CT molecular complexity index is 1210. The molecule has 0 spiro atoms. The number of carboxylic acid groups (broad SMARTS) is 1. The summed E-state index contributed by atoms with van der Waals surface area (Å²) in [5, 5.41) is 16.9. The van der Waals surface area contributed by atoms with E-state index < -0.39 is 29.4 Å². The number of nitrogens with one attached hydrogen (secondary N) is 3. The van der Waals surface area contributed by atoms with E-state index in [-0.39, 0.29) is 36.2 Å². The van der Waals surface area contributed by atoms with E-state index in [2.05, 4.69) is 20.9 Å². The Morgan fingerprint density at radius 3 is 2.50 bits per heavy atom. The average Bonchev–Trinajstić information content (AvgIpc) is 3.31. The first-order valence-electron chi connectivity index (χ1n) is 12.5. The van der Waals surface area contributed by atoms with Gasteiger partial charge >= 0.3 is 5.97 Å².